The molecule has 1 aromatic carbocycles. The van der Waals surface area contributed by atoms with Crippen molar-refractivity contribution in [2.75, 3.05) is 7.05 Å². The van der Waals surface area contributed by atoms with Gasteiger partial charge in [-0.05, 0) is 31.2 Å². The number of aliphatic imine (C=N–C) groups is 1. The van der Waals surface area contributed by atoms with Crippen molar-refractivity contribution in [1.82, 2.24) is 15.6 Å². The van der Waals surface area contributed by atoms with Crippen molar-refractivity contribution in [3.8, 4) is 11.5 Å². The maximum atomic E-state index is 5.54. The Morgan fingerprint density at radius 1 is 1.12 bits per heavy atom. The van der Waals surface area contributed by atoms with Gasteiger partial charge in [0.05, 0.1) is 18.8 Å². The number of hydrogen-bond acceptors (Lipinski definition) is 4. The second kappa shape index (κ2) is 7.79. The highest BCUT2D eigenvalue weighted by Crippen LogP contribution is 2.17. The first-order valence-corrected chi connectivity index (χ1v) is 8.56. The number of oxazole rings is 1. The molecule has 0 amide bonds. The minimum atomic E-state index is 0.555. The second-order valence-electron chi connectivity index (χ2n) is 5.30. The lowest BCUT2D eigenvalue weighted by molar-refractivity contribution is 0.572. The number of nitrogens with zero attached hydrogens (tertiary/aromatic N) is 2. The molecule has 2 N–H and O–H groups in total. The van der Waals surface area contributed by atoms with Gasteiger partial charge in [0.1, 0.15) is 6.26 Å². The molecule has 2 heterocycles. The van der Waals surface area contributed by atoms with Crippen LogP contribution in [0, 0.1) is 6.92 Å². The van der Waals surface area contributed by atoms with Crippen LogP contribution >= 0.6 is 11.3 Å². The van der Waals surface area contributed by atoms with Crippen molar-refractivity contribution in [3.05, 3.63) is 64.2 Å². The SMILES string of the molecule is CN=C(NCc1coc(-c2ccccc2)n1)NCc1ccc(C)s1. The van der Waals surface area contributed by atoms with Crippen LogP contribution in [-0.2, 0) is 13.1 Å². The standard InChI is InChI=1S/C18H20N4OS/c1-13-8-9-16(24-13)11-21-18(19-2)20-10-15-12-23-17(22-15)14-6-4-3-5-7-14/h3-9,12H,10-11H2,1-2H3,(H2,19,20,21). The normalized spacial score (nSPS) is 11.5. The molecule has 3 rings (SSSR count). The Labute approximate surface area is 145 Å². The molecule has 0 saturated heterocycles. The molecule has 0 bridgehead atoms. The monoisotopic (exact) mass is 340 g/mol. The van der Waals surface area contributed by atoms with Crippen molar-refractivity contribution in [3.63, 3.8) is 0 Å². The second-order valence-corrected chi connectivity index (χ2v) is 6.67. The predicted octanol–water partition coefficient (Wildman–Crippen LogP) is 3.58. The summed E-state index contributed by atoms with van der Waals surface area (Å²) in [5.74, 6) is 1.37. The summed E-state index contributed by atoms with van der Waals surface area (Å²) in [7, 11) is 1.76. The first-order valence-electron chi connectivity index (χ1n) is 7.74. The van der Waals surface area contributed by atoms with Crippen LogP contribution in [0.4, 0.5) is 0 Å². The van der Waals surface area contributed by atoms with Gasteiger partial charge in [0, 0.05) is 22.4 Å². The van der Waals surface area contributed by atoms with E-state index in [-0.39, 0.29) is 0 Å². The molecule has 124 valence electrons. The lowest BCUT2D eigenvalue weighted by atomic mass is 10.2. The van der Waals surface area contributed by atoms with Gasteiger partial charge in [0.2, 0.25) is 5.89 Å². The van der Waals surface area contributed by atoms with Gasteiger partial charge in [-0.1, -0.05) is 18.2 Å². The molecule has 0 radical (unpaired) electrons. The molecule has 0 saturated carbocycles. The number of aromatic nitrogens is 1. The molecule has 0 aliphatic carbocycles. The summed E-state index contributed by atoms with van der Waals surface area (Å²) in [5.41, 5.74) is 1.81. The quantitative estimate of drug-likeness (QED) is 0.550. The Bertz CT molecular complexity index is 807. The van der Waals surface area contributed by atoms with E-state index in [1.807, 2.05) is 30.3 Å². The average Bonchev–Trinajstić information content (AvgIpc) is 3.25. The molecular weight excluding hydrogens is 320 g/mol. The first-order chi connectivity index (χ1) is 11.7. The van der Waals surface area contributed by atoms with E-state index in [2.05, 4.69) is 39.7 Å². The van der Waals surface area contributed by atoms with Crippen molar-refractivity contribution in [1.29, 1.82) is 0 Å². The first kappa shape index (κ1) is 16.3. The highest BCUT2D eigenvalue weighted by molar-refractivity contribution is 7.11. The van der Waals surface area contributed by atoms with E-state index in [9.17, 15) is 0 Å². The number of aryl methyl sites for hydroxylation is 1. The molecule has 0 atom stereocenters. The van der Waals surface area contributed by atoms with Crippen LogP contribution in [0.1, 0.15) is 15.4 Å². The highest BCUT2D eigenvalue weighted by atomic mass is 32.1. The molecule has 0 spiro atoms. The molecule has 3 aromatic rings. The van der Waals surface area contributed by atoms with E-state index in [1.165, 1.54) is 9.75 Å². The number of benzene rings is 1. The van der Waals surface area contributed by atoms with Crippen molar-refractivity contribution in [2.24, 2.45) is 4.99 Å². The minimum Gasteiger partial charge on any atom is -0.444 e. The zero-order chi connectivity index (χ0) is 16.8. The van der Waals surface area contributed by atoms with Crippen LogP contribution in [-0.4, -0.2) is 18.0 Å². The van der Waals surface area contributed by atoms with E-state index in [0.717, 1.165) is 23.8 Å². The van der Waals surface area contributed by atoms with Gasteiger partial charge in [-0.2, -0.15) is 0 Å². The van der Waals surface area contributed by atoms with Crippen LogP contribution in [0.15, 0.2) is 58.1 Å². The van der Waals surface area contributed by atoms with Crippen molar-refractivity contribution >= 4 is 17.3 Å². The van der Waals surface area contributed by atoms with Gasteiger partial charge < -0.3 is 15.1 Å². The number of hydrogen-bond donors (Lipinski definition) is 2. The zero-order valence-electron chi connectivity index (χ0n) is 13.7. The molecule has 0 fully saturated rings. The van der Waals surface area contributed by atoms with E-state index in [4.69, 9.17) is 4.42 Å². The van der Waals surface area contributed by atoms with Gasteiger partial charge in [0.15, 0.2) is 5.96 Å². The molecule has 0 aliphatic rings. The Morgan fingerprint density at radius 2 is 1.92 bits per heavy atom. The summed E-state index contributed by atoms with van der Waals surface area (Å²) >= 11 is 1.78. The largest absolute Gasteiger partial charge is 0.444 e. The van der Waals surface area contributed by atoms with Crippen LogP contribution in [0.3, 0.4) is 0 Å². The molecule has 2 aromatic heterocycles. The summed E-state index contributed by atoms with van der Waals surface area (Å²) in [6, 6.07) is 14.1. The molecule has 0 aliphatic heterocycles. The van der Waals surface area contributed by atoms with Crippen LogP contribution < -0.4 is 10.6 Å². The summed E-state index contributed by atoms with van der Waals surface area (Å²) in [4.78, 5) is 11.3. The maximum absolute atomic E-state index is 5.54. The predicted molar refractivity (Wildman–Crippen MR) is 98.0 cm³/mol. The number of rotatable bonds is 5. The van der Waals surface area contributed by atoms with E-state index < -0.39 is 0 Å². The third kappa shape index (κ3) is 4.23. The zero-order valence-corrected chi connectivity index (χ0v) is 14.6. The van der Waals surface area contributed by atoms with Gasteiger partial charge in [0.25, 0.3) is 0 Å². The molecular formula is C18H20N4OS. The molecule has 0 unspecified atom stereocenters. The topological polar surface area (TPSA) is 62.5 Å². The molecule has 5 nitrogen and oxygen atoms in total. The summed E-state index contributed by atoms with van der Waals surface area (Å²) in [5, 5.41) is 6.55. The van der Waals surface area contributed by atoms with Gasteiger partial charge in [-0.25, -0.2) is 4.98 Å². The Kier molecular flexibility index (Phi) is 5.28. The average molecular weight is 340 g/mol. The fourth-order valence-corrected chi connectivity index (χ4v) is 3.08. The lowest BCUT2D eigenvalue weighted by Gasteiger charge is -2.09. The highest BCUT2D eigenvalue weighted by Gasteiger charge is 2.07. The van der Waals surface area contributed by atoms with Crippen LogP contribution in [0.5, 0.6) is 0 Å². The smallest absolute Gasteiger partial charge is 0.226 e. The van der Waals surface area contributed by atoms with E-state index >= 15 is 0 Å². The van der Waals surface area contributed by atoms with Gasteiger partial charge in [-0.15, -0.1) is 11.3 Å². The van der Waals surface area contributed by atoms with Crippen molar-refractivity contribution in [2.45, 2.75) is 20.0 Å². The van der Waals surface area contributed by atoms with Gasteiger partial charge >= 0.3 is 0 Å². The Balaban J connectivity index is 1.53. The Morgan fingerprint density at radius 3 is 2.62 bits per heavy atom. The van der Waals surface area contributed by atoms with Gasteiger partial charge in [-0.3, -0.25) is 4.99 Å². The van der Waals surface area contributed by atoms with Crippen molar-refractivity contribution < 1.29 is 4.42 Å². The third-order valence-corrected chi connectivity index (χ3v) is 4.46. The van der Waals surface area contributed by atoms with E-state index in [1.54, 1.807) is 24.6 Å². The fraction of sp³-hybridized carbons (Fsp3) is 0.222. The van der Waals surface area contributed by atoms with E-state index in [0.29, 0.717) is 12.4 Å². The third-order valence-electron chi connectivity index (χ3n) is 3.46. The molecule has 6 heteroatoms. The lowest BCUT2D eigenvalue weighted by Crippen LogP contribution is -2.36. The summed E-state index contributed by atoms with van der Waals surface area (Å²) in [6.07, 6.45) is 1.67. The number of nitrogens with one attached hydrogen (secondary N) is 2. The number of thiophene rings is 1. The van der Waals surface area contributed by atoms with Crippen LogP contribution in [0.25, 0.3) is 11.5 Å². The molecule has 24 heavy (non-hydrogen) atoms. The summed E-state index contributed by atoms with van der Waals surface area (Å²) in [6.45, 7) is 3.42. The summed E-state index contributed by atoms with van der Waals surface area (Å²) < 4.78 is 5.54. The maximum Gasteiger partial charge on any atom is 0.226 e. The number of guanidine groups is 1. The minimum absolute atomic E-state index is 0.555. The van der Waals surface area contributed by atoms with Crippen LogP contribution in [0.2, 0.25) is 0 Å². The fourth-order valence-electron chi connectivity index (χ4n) is 2.25. The Hall–Kier alpha value is -2.60.